The van der Waals surface area contributed by atoms with Gasteiger partial charge in [-0.2, -0.15) is 0 Å². The van der Waals surface area contributed by atoms with E-state index in [-0.39, 0.29) is 36.6 Å². The van der Waals surface area contributed by atoms with Gasteiger partial charge in [0.2, 0.25) is 11.8 Å². The fourth-order valence-corrected chi connectivity index (χ4v) is 7.41. The molecule has 0 unspecified atom stereocenters. The molecule has 38 heavy (non-hydrogen) atoms. The highest BCUT2D eigenvalue weighted by molar-refractivity contribution is 7.24. The Morgan fingerprint density at radius 2 is 1.13 bits per heavy atom. The van der Waals surface area contributed by atoms with Gasteiger partial charge in [0, 0.05) is 12.1 Å². The Kier molecular flexibility index (Phi) is 11.6. The van der Waals surface area contributed by atoms with Crippen LogP contribution in [0, 0.1) is 0 Å². The molecule has 2 aliphatic rings. The van der Waals surface area contributed by atoms with Gasteiger partial charge in [-0.1, -0.05) is 61.2 Å². The van der Waals surface area contributed by atoms with E-state index in [1.54, 1.807) is 0 Å². The first-order valence-electron chi connectivity index (χ1n) is 13.2. The molecule has 2 fully saturated rings. The number of nitrogens with one attached hydrogen (secondary N) is 2. The minimum Gasteiger partial charge on any atom is -0.301 e. The number of carbonyl (C=O) groups excluding carboxylic acids is 2. The minimum absolute atomic E-state index is 0. The zero-order valence-corrected chi connectivity index (χ0v) is 25.3. The number of nitrogens with zero attached hydrogens (tertiary/aromatic N) is 4. The number of amides is 2. The molecule has 2 aromatic heterocycles. The van der Waals surface area contributed by atoms with E-state index < -0.39 is 0 Å². The van der Waals surface area contributed by atoms with Crippen LogP contribution in [0.4, 0.5) is 10.3 Å². The third-order valence-electron chi connectivity index (χ3n) is 7.57. The number of likely N-dealkylation sites (N-methyl/N-ethyl adjacent to an activating group) is 2. The maximum atomic E-state index is 12.6. The monoisotopic (exact) mass is 600 g/mol. The summed E-state index contributed by atoms with van der Waals surface area (Å²) in [6.07, 6.45) is 12.3. The van der Waals surface area contributed by atoms with Gasteiger partial charge in [0.1, 0.15) is 0 Å². The van der Waals surface area contributed by atoms with E-state index in [2.05, 4.69) is 30.4 Å². The molecule has 0 spiro atoms. The first kappa shape index (κ1) is 31.0. The van der Waals surface area contributed by atoms with Crippen LogP contribution in [0.2, 0.25) is 0 Å². The number of rotatable bonds is 8. The third-order valence-corrected chi connectivity index (χ3v) is 9.44. The van der Waals surface area contributed by atoms with E-state index >= 15 is 0 Å². The topological polar surface area (TPSA) is 90.5 Å². The van der Waals surface area contributed by atoms with Crippen molar-refractivity contribution < 1.29 is 9.59 Å². The molecule has 0 saturated heterocycles. The summed E-state index contributed by atoms with van der Waals surface area (Å²) in [6, 6.07) is 4.99. The van der Waals surface area contributed by atoms with E-state index in [1.807, 2.05) is 26.2 Å². The van der Waals surface area contributed by atoms with E-state index in [0.717, 1.165) is 20.4 Å². The molecule has 0 bridgehead atoms. The van der Waals surface area contributed by atoms with Gasteiger partial charge in [-0.15, -0.1) is 24.8 Å². The van der Waals surface area contributed by atoms with Crippen LogP contribution >= 0.6 is 47.5 Å². The Morgan fingerprint density at radius 1 is 0.737 bits per heavy atom. The lowest BCUT2D eigenvalue weighted by Gasteiger charge is -2.30. The van der Waals surface area contributed by atoms with Crippen LogP contribution < -0.4 is 10.6 Å². The molecule has 2 N–H and O–H groups in total. The van der Waals surface area contributed by atoms with Crippen LogP contribution in [0.5, 0.6) is 0 Å². The number of thiazole rings is 2. The summed E-state index contributed by atoms with van der Waals surface area (Å²) in [6.45, 7) is 0.770. The molecule has 5 rings (SSSR count). The fourth-order valence-electron chi connectivity index (χ4n) is 5.53. The molecule has 3 aromatic rings. The molecule has 0 aliphatic heterocycles. The first-order chi connectivity index (χ1) is 17.4. The SMILES string of the molecule is CN(CC(=O)Nc1nc2cc3nc(NC(=O)CN(C)C4CCCCC4)sc3cc2s1)C1CCCCC1.Cl.Cl. The number of hydrogen-bond donors (Lipinski definition) is 2. The van der Waals surface area contributed by atoms with Crippen LogP contribution in [-0.4, -0.2) is 70.9 Å². The number of carbonyl (C=O) groups is 2. The summed E-state index contributed by atoms with van der Waals surface area (Å²) >= 11 is 2.95. The van der Waals surface area contributed by atoms with Gasteiger partial charge < -0.3 is 10.6 Å². The summed E-state index contributed by atoms with van der Waals surface area (Å²) in [5.41, 5.74) is 1.62. The Balaban J connectivity index is 0.00000200. The molecule has 2 saturated carbocycles. The van der Waals surface area contributed by atoms with Crippen molar-refractivity contribution in [2.45, 2.75) is 76.3 Å². The Morgan fingerprint density at radius 3 is 1.53 bits per heavy atom. The van der Waals surface area contributed by atoms with E-state index in [9.17, 15) is 9.59 Å². The van der Waals surface area contributed by atoms with Crippen LogP contribution in [0.1, 0.15) is 64.2 Å². The maximum absolute atomic E-state index is 12.6. The number of hydrogen-bond acceptors (Lipinski definition) is 8. The van der Waals surface area contributed by atoms with Crippen molar-refractivity contribution in [3.63, 3.8) is 0 Å². The molecular formula is C26H38Cl2N6O2S2. The number of aromatic nitrogens is 2. The lowest BCUT2D eigenvalue weighted by Crippen LogP contribution is -2.39. The van der Waals surface area contributed by atoms with Crippen molar-refractivity contribution in [1.82, 2.24) is 19.8 Å². The average Bonchev–Trinajstić information content (AvgIpc) is 3.44. The van der Waals surface area contributed by atoms with Gasteiger partial charge >= 0.3 is 0 Å². The summed E-state index contributed by atoms with van der Waals surface area (Å²) in [5.74, 6) is -0.0458. The van der Waals surface area contributed by atoms with Gasteiger partial charge in [0.15, 0.2) is 10.3 Å². The normalized spacial score (nSPS) is 16.9. The van der Waals surface area contributed by atoms with Crippen molar-refractivity contribution in [3.8, 4) is 0 Å². The third kappa shape index (κ3) is 7.76. The first-order valence-corrected chi connectivity index (χ1v) is 14.8. The van der Waals surface area contributed by atoms with Crippen LogP contribution in [0.15, 0.2) is 12.1 Å². The highest BCUT2D eigenvalue weighted by atomic mass is 35.5. The molecule has 12 heteroatoms. The van der Waals surface area contributed by atoms with Crippen molar-refractivity contribution in [3.05, 3.63) is 12.1 Å². The van der Waals surface area contributed by atoms with Crippen LogP contribution in [0.25, 0.3) is 20.4 Å². The summed E-state index contributed by atoms with van der Waals surface area (Å²) < 4.78 is 1.99. The number of halogens is 2. The highest BCUT2D eigenvalue weighted by Crippen LogP contribution is 2.34. The molecule has 8 nitrogen and oxygen atoms in total. The molecule has 2 aliphatic carbocycles. The summed E-state index contributed by atoms with van der Waals surface area (Å²) in [4.78, 5) is 38.8. The van der Waals surface area contributed by atoms with Gasteiger partial charge in [-0.05, 0) is 51.9 Å². The Hall–Kier alpha value is -1.56. The zero-order chi connectivity index (χ0) is 25.1. The lowest BCUT2D eigenvalue weighted by atomic mass is 9.94. The standard InChI is InChI=1S/C26H36N6O2S2.2ClH/c1-31(17-9-5-3-6-10-17)15-23(33)29-25-27-19-13-20-22(14-21(19)35-25)36-26(28-20)30-24(34)16-32(2)18-11-7-4-8-12-18;;/h13-14,17-18H,3-12,15-16H2,1-2H3,(H,27,29,33)(H,28,30,34);2*1H. The van der Waals surface area contributed by atoms with Gasteiger partial charge in [0.05, 0.1) is 33.5 Å². The second-order valence-corrected chi connectivity index (χ2v) is 12.4. The number of anilines is 2. The zero-order valence-electron chi connectivity index (χ0n) is 22.0. The molecule has 0 radical (unpaired) electrons. The van der Waals surface area contributed by atoms with Gasteiger partial charge in [-0.3, -0.25) is 19.4 Å². The summed E-state index contributed by atoms with van der Waals surface area (Å²) in [7, 11) is 4.08. The Bertz CT molecular complexity index is 1080. The minimum atomic E-state index is -0.0229. The van der Waals surface area contributed by atoms with Gasteiger partial charge in [-0.25, -0.2) is 9.97 Å². The van der Waals surface area contributed by atoms with E-state index in [0.29, 0.717) is 35.4 Å². The smallest absolute Gasteiger partial charge is 0.240 e. The second-order valence-electron chi connectivity index (χ2n) is 10.3. The molecule has 1 aromatic carbocycles. The molecule has 2 heterocycles. The number of benzene rings is 1. The molecule has 210 valence electrons. The van der Waals surface area contributed by atoms with Gasteiger partial charge in [0.25, 0.3) is 0 Å². The molecular weight excluding hydrogens is 563 g/mol. The van der Waals surface area contributed by atoms with Crippen molar-refractivity contribution in [2.24, 2.45) is 0 Å². The molecule has 2 amide bonds. The predicted octanol–water partition coefficient (Wildman–Crippen LogP) is 6.16. The van der Waals surface area contributed by atoms with Crippen LogP contribution in [-0.2, 0) is 9.59 Å². The molecule has 0 atom stereocenters. The highest BCUT2D eigenvalue weighted by Gasteiger charge is 2.22. The van der Waals surface area contributed by atoms with Crippen LogP contribution in [0.3, 0.4) is 0 Å². The summed E-state index contributed by atoms with van der Waals surface area (Å²) in [5, 5.41) is 7.19. The largest absolute Gasteiger partial charge is 0.301 e. The predicted molar refractivity (Wildman–Crippen MR) is 164 cm³/mol. The van der Waals surface area contributed by atoms with Crippen molar-refractivity contribution in [1.29, 1.82) is 0 Å². The van der Waals surface area contributed by atoms with E-state index in [4.69, 9.17) is 0 Å². The fraction of sp³-hybridized carbons (Fsp3) is 0.615. The Labute approximate surface area is 244 Å². The van der Waals surface area contributed by atoms with E-state index in [1.165, 1.54) is 86.9 Å². The maximum Gasteiger partial charge on any atom is 0.240 e. The average molecular weight is 602 g/mol. The quantitative estimate of drug-likeness (QED) is 0.322. The lowest BCUT2D eigenvalue weighted by molar-refractivity contribution is -0.118. The number of fused-ring (bicyclic) bond motifs is 2. The van der Waals surface area contributed by atoms with Crippen molar-refractivity contribution >= 4 is 90.0 Å². The second kappa shape index (κ2) is 14.2. The van der Waals surface area contributed by atoms with Crippen molar-refractivity contribution in [2.75, 3.05) is 37.8 Å².